The molecule has 0 spiro atoms. The number of anilines is 1. The van der Waals surface area contributed by atoms with Gasteiger partial charge >= 0.3 is 0 Å². The Morgan fingerprint density at radius 3 is 2.44 bits per heavy atom. The molecule has 1 aromatic heterocycles. The van der Waals surface area contributed by atoms with E-state index in [0.717, 1.165) is 5.95 Å². The SMILES string of the molecule is CN(C)c1ncn(C)n1. The van der Waals surface area contributed by atoms with Crippen LogP contribution in [0.3, 0.4) is 0 Å². The number of rotatable bonds is 1. The van der Waals surface area contributed by atoms with Crippen molar-refractivity contribution in [1.29, 1.82) is 0 Å². The van der Waals surface area contributed by atoms with Gasteiger partial charge in [-0.3, -0.25) is 4.68 Å². The first-order valence-electron chi connectivity index (χ1n) is 2.73. The summed E-state index contributed by atoms with van der Waals surface area (Å²) in [6.07, 6.45) is 1.68. The second kappa shape index (κ2) is 2.05. The summed E-state index contributed by atoms with van der Waals surface area (Å²) in [6, 6.07) is 0. The lowest BCUT2D eigenvalue weighted by Gasteiger charge is -2.03. The van der Waals surface area contributed by atoms with Crippen LogP contribution in [0.4, 0.5) is 5.95 Å². The summed E-state index contributed by atoms with van der Waals surface area (Å²) >= 11 is 0. The van der Waals surface area contributed by atoms with Gasteiger partial charge in [0, 0.05) is 21.1 Å². The highest BCUT2D eigenvalue weighted by Gasteiger charge is 1.96. The molecule has 0 atom stereocenters. The maximum Gasteiger partial charge on any atom is 0.244 e. The Bertz CT molecular complexity index is 191. The van der Waals surface area contributed by atoms with Crippen LogP contribution in [0.25, 0.3) is 0 Å². The van der Waals surface area contributed by atoms with Crippen LogP contribution in [0.5, 0.6) is 0 Å². The summed E-state index contributed by atoms with van der Waals surface area (Å²) < 4.78 is 1.68. The smallest absolute Gasteiger partial charge is 0.244 e. The Labute approximate surface area is 54.1 Å². The van der Waals surface area contributed by atoms with Gasteiger partial charge in [-0.25, -0.2) is 4.98 Å². The van der Waals surface area contributed by atoms with Crippen molar-refractivity contribution >= 4 is 5.95 Å². The van der Waals surface area contributed by atoms with E-state index < -0.39 is 0 Å². The number of hydrogen-bond acceptors (Lipinski definition) is 3. The highest BCUT2D eigenvalue weighted by atomic mass is 15.4. The monoisotopic (exact) mass is 126 g/mol. The Hall–Kier alpha value is -1.06. The van der Waals surface area contributed by atoms with Crippen molar-refractivity contribution in [1.82, 2.24) is 14.8 Å². The van der Waals surface area contributed by atoms with E-state index in [1.54, 1.807) is 11.0 Å². The van der Waals surface area contributed by atoms with Crippen LogP contribution in [0.15, 0.2) is 6.33 Å². The van der Waals surface area contributed by atoms with Gasteiger partial charge in [0.1, 0.15) is 6.33 Å². The average Bonchev–Trinajstić information content (AvgIpc) is 2.14. The third-order valence-electron chi connectivity index (χ3n) is 0.987. The van der Waals surface area contributed by atoms with Crippen molar-refractivity contribution in [2.75, 3.05) is 19.0 Å². The van der Waals surface area contributed by atoms with E-state index in [0.29, 0.717) is 0 Å². The van der Waals surface area contributed by atoms with Crippen LogP contribution in [0.1, 0.15) is 0 Å². The predicted molar refractivity (Wildman–Crippen MR) is 35.3 cm³/mol. The van der Waals surface area contributed by atoms with Crippen molar-refractivity contribution < 1.29 is 0 Å². The molecule has 0 fully saturated rings. The molecule has 0 aliphatic carbocycles. The third-order valence-corrected chi connectivity index (χ3v) is 0.987. The summed E-state index contributed by atoms with van der Waals surface area (Å²) in [5.41, 5.74) is 0. The van der Waals surface area contributed by atoms with E-state index in [4.69, 9.17) is 0 Å². The lowest BCUT2D eigenvalue weighted by atomic mass is 10.8. The van der Waals surface area contributed by atoms with Gasteiger partial charge in [-0.2, -0.15) is 0 Å². The van der Waals surface area contributed by atoms with Gasteiger partial charge < -0.3 is 4.90 Å². The van der Waals surface area contributed by atoms with Crippen LogP contribution in [-0.4, -0.2) is 28.9 Å². The van der Waals surface area contributed by atoms with E-state index in [1.807, 2.05) is 26.0 Å². The van der Waals surface area contributed by atoms with E-state index >= 15 is 0 Å². The Morgan fingerprint density at radius 2 is 2.22 bits per heavy atom. The second-order valence-corrected chi connectivity index (χ2v) is 2.11. The number of hydrogen-bond donors (Lipinski definition) is 0. The minimum absolute atomic E-state index is 0.748. The molecular formula is C5H10N4. The zero-order chi connectivity index (χ0) is 6.85. The van der Waals surface area contributed by atoms with E-state index in [9.17, 15) is 0 Å². The molecule has 0 aliphatic heterocycles. The zero-order valence-corrected chi connectivity index (χ0v) is 5.87. The third kappa shape index (κ3) is 1.19. The van der Waals surface area contributed by atoms with E-state index in [-0.39, 0.29) is 0 Å². The molecule has 4 nitrogen and oxygen atoms in total. The Kier molecular flexibility index (Phi) is 1.38. The molecule has 0 N–H and O–H groups in total. The predicted octanol–water partition coefficient (Wildman–Crippen LogP) is -0.119. The maximum absolute atomic E-state index is 4.04. The van der Waals surface area contributed by atoms with Crippen LogP contribution in [0.2, 0.25) is 0 Å². The van der Waals surface area contributed by atoms with Crippen molar-refractivity contribution in [2.24, 2.45) is 7.05 Å². The molecule has 1 rings (SSSR count). The molecule has 0 saturated carbocycles. The Balaban J connectivity index is 2.85. The molecule has 0 radical (unpaired) electrons. The lowest BCUT2D eigenvalue weighted by molar-refractivity contribution is 0.761. The number of aryl methyl sites for hydroxylation is 1. The molecule has 0 unspecified atom stereocenters. The van der Waals surface area contributed by atoms with Crippen molar-refractivity contribution in [3.63, 3.8) is 0 Å². The first-order chi connectivity index (χ1) is 4.20. The summed E-state index contributed by atoms with van der Waals surface area (Å²) in [5.74, 6) is 0.748. The van der Waals surface area contributed by atoms with Crippen LogP contribution >= 0.6 is 0 Å². The largest absolute Gasteiger partial charge is 0.346 e. The molecule has 0 aliphatic rings. The van der Waals surface area contributed by atoms with Crippen molar-refractivity contribution in [3.05, 3.63) is 6.33 Å². The summed E-state index contributed by atoms with van der Waals surface area (Å²) in [7, 11) is 5.67. The molecule has 1 heterocycles. The molecule has 9 heavy (non-hydrogen) atoms. The first-order valence-corrected chi connectivity index (χ1v) is 2.73. The zero-order valence-electron chi connectivity index (χ0n) is 5.87. The van der Waals surface area contributed by atoms with E-state index in [2.05, 4.69) is 10.1 Å². The van der Waals surface area contributed by atoms with Crippen LogP contribution in [0, 0.1) is 0 Å². The molecule has 0 bridgehead atoms. The minimum atomic E-state index is 0.748. The minimum Gasteiger partial charge on any atom is -0.346 e. The molecule has 4 heteroatoms. The van der Waals surface area contributed by atoms with Crippen LogP contribution in [-0.2, 0) is 7.05 Å². The summed E-state index contributed by atoms with van der Waals surface area (Å²) in [4.78, 5) is 5.85. The van der Waals surface area contributed by atoms with Gasteiger partial charge in [-0.15, -0.1) is 5.10 Å². The molecule has 0 saturated heterocycles. The highest BCUT2D eigenvalue weighted by molar-refractivity contribution is 5.22. The molecule has 0 aromatic carbocycles. The molecule has 1 aromatic rings. The Morgan fingerprint density at radius 1 is 1.56 bits per heavy atom. The fourth-order valence-electron chi connectivity index (χ4n) is 0.533. The number of aromatic nitrogens is 3. The molecule has 0 amide bonds. The average molecular weight is 126 g/mol. The maximum atomic E-state index is 4.04. The highest BCUT2D eigenvalue weighted by Crippen LogP contribution is 1.97. The van der Waals surface area contributed by atoms with Crippen molar-refractivity contribution in [3.8, 4) is 0 Å². The van der Waals surface area contributed by atoms with Gasteiger partial charge in [-0.1, -0.05) is 0 Å². The molecular weight excluding hydrogens is 116 g/mol. The summed E-state index contributed by atoms with van der Waals surface area (Å²) in [5, 5.41) is 4.04. The number of nitrogens with zero attached hydrogens (tertiary/aromatic N) is 4. The first kappa shape index (κ1) is 6.07. The van der Waals surface area contributed by atoms with Gasteiger partial charge in [0.2, 0.25) is 5.95 Å². The van der Waals surface area contributed by atoms with Gasteiger partial charge in [-0.05, 0) is 0 Å². The fourth-order valence-corrected chi connectivity index (χ4v) is 0.533. The molecule has 50 valence electrons. The second-order valence-electron chi connectivity index (χ2n) is 2.11. The normalized spacial score (nSPS) is 9.67. The topological polar surface area (TPSA) is 34.0 Å². The lowest BCUT2D eigenvalue weighted by Crippen LogP contribution is -2.10. The summed E-state index contributed by atoms with van der Waals surface area (Å²) in [6.45, 7) is 0. The van der Waals surface area contributed by atoms with Gasteiger partial charge in [0.15, 0.2) is 0 Å². The fraction of sp³-hybridized carbons (Fsp3) is 0.600. The van der Waals surface area contributed by atoms with Gasteiger partial charge in [0.05, 0.1) is 0 Å². The standard InChI is InChI=1S/C5H10N4/c1-8(2)5-6-4-9(3)7-5/h4H,1-3H3. The van der Waals surface area contributed by atoms with Crippen LogP contribution < -0.4 is 4.90 Å². The quantitative estimate of drug-likeness (QED) is 0.526. The van der Waals surface area contributed by atoms with Crippen molar-refractivity contribution in [2.45, 2.75) is 0 Å². The van der Waals surface area contributed by atoms with Gasteiger partial charge in [0.25, 0.3) is 0 Å². The van der Waals surface area contributed by atoms with E-state index in [1.165, 1.54) is 0 Å².